The van der Waals surface area contributed by atoms with Crippen molar-refractivity contribution in [3.05, 3.63) is 0 Å². The zero-order chi connectivity index (χ0) is 4.50. The standard InChI is InChI=1S/H3O4P.Ta/c1-5(2,3)4;/h(H3,1,2,3,4);. The van der Waals surface area contributed by atoms with E-state index in [0.717, 1.165) is 0 Å². The third-order valence-corrected chi connectivity index (χ3v) is 0. The Morgan fingerprint density at radius 1 is 1.17 bits per heavy atom. The van der Waals surface area contributed by atoms with Gasteiger partial charge < -0.3 is 14.7 Å². The maximum absolute atomic E-state index is 8.88. The molecule has 4 nitrogen and oxygen atoms in total. The van der Waals surface area contributed by atoms with Gasteiger partial charge in [0.15, 0.2) is 0 Å². The Balaban J connectivity index is 0. The van der Waals surface area contributed by atoms with Crippen LogP contribution in [0.15, 0.2) is 0 Å². The fraction of sp³-hybridized carbons (Fsp3) is 0. The van der Waals surface area contributed by atoms with Gasteiger partial charge in [-0.25, -0.2) is 4.57 Å². The summed E-state index contributed by atoms with van der Waals surface area (Å²) in [7, 11) is -4.64. The maximum Gasteiger partial charge on any atom is 0.466 e. The van der Waals surface area contributed by atoms with Gasteiger partial charge in [-0.3, -0.25) is 0 Å². The van der Waals surface area contributed by atoms with Crippen LogP contribution in [0.1, 0.15) is 0 Å². The molecule has 37 valence electrons. The van der Waals surface area contributed by atoms with Crippen LogP contribution in [0, 0.1) is 0 Å². The number of rotatable bonds is 0. The van der Waals surface area contributed by atoms with E-state index in [1.54, 1.807) is 0 Å². The fourth-order valence-corrected chi connectivity index (χ4v) is 0. The molecule has 0 aliphatic rings. The molecule has 0 aromatic rings. The molecule has 0 spiro atoms. The van der Waals surface area contributed by atoms with Gasteiger partial charge in [0.1, 0.15) is 0 Å². The molecule has 6 heteroatoms. The molecule has 0 saturated carbocycles. The van der Waals surface area contributed by atoms with Gasteiger partial charge in [0.05, 0.1) is 0 Å². The molecule has 0 bridgehead atoms. The third kappa shape index (κ3) is 99.5. The zero-order valence-corrected chi connectivity index (χ0v) is 6.75. The van der Waals surface area contributed by atoms with Crippen molar-refractivity contribution in [3.63, 3.8) is 0 Å². The predicted molar refractivity (Wildman–Crippen MR) is 14.3 cm³/mol. The van der Waals surface area contributed by atoms with E-state index in [0.29, 0.717) is 0 Å². The van der Waals surface area contributed by atoms with Crippen LogP contribution in [0.25, 0.3) is 0 Å². The van der Waals surface area contributed by atoms with Gasteiger partial charge in [-0.2, -0.15) is 0 Å². The summed E-state index contributed by atoms with van der Waals surface area (Å²) in [6, 6.07) is 0. The number of phosphoric acid groups is 1. The van der Waals surface area contributed by atoms with Crippen molar-refractivity contribution in [2.24, 2.45) is 0 Å². The number of hydrogen-bond donors (Lipinski definition) is 3. The fourth-order valence-electron chi connectivity index (χ4n) is 0. The summed E-state index contributed by atoms with van der Waals surface area (Å²) in [4.78, 5) is 21.6. The van der Waals surface area contributed by atoms with Crippen molar-refractivity contribution in [2.75, 3.05) is 0 Å². The minimum atomic E-state index is -4.64. The summed E-state index contributed by atoms with van der Waals surface area (Å²) in [5, 5.41) is 0. The van der Waals surface area contributed by atoms with Crippen molar-refractivity contribution in [1.82, 2.24) is 0 Å². The first-order valence-corrected chi connectivity index (χ1v) is 2.35. The Labute approximate surface area is 49.9 Å². The van der Waals surface area contributed by atoms with E-state index in [-0.39, 0.29) is 22.4 Å². The van der Waals surface area contributed by atoms with E-state index in [1.165, 1.54) is 0 Å². The Hall–Kier alpha value is 0.850. The smallest absolute Gasteiger partial charge is 0.303 e. The second kappa shape index (κ2) is 2.93. The van der Waals surface area contributed by atoms with Gasteiger partial charge in [-0.15, -0.1) is 0 Å². The maximum atomic E-state index is 8.88. The van der Waals surface area contributed by atoms with E-state index in [2.05, 4.69) is 0 Å². The van der Waals surface area contributed by atoms with Gasteiger partial charge in [-0.1, -0.05) is 0 Å². The minimum Gasteiger partial charge on any atom is -0.303 e. The first-order valence-electron chi connectivity index (χ1n) is 0.783. The molecule has 0 heterocycles. The second-order valence-corrected chi connectivity index (χ2v) is 1.54. The molecule has 6 heavy (non-hydrogen) atoms. The van der Waals surface area contributed by atoms with E-state index >= 15 is 0 Å². The van der Waals surface area contributed by atoms with E-state index in [1.807, 2.05) is 0 Å². The summed E-state index contributed by atoms with van der Waals surface area (Å²) in [5.41, 5.74) is 0. The minimum absolute atomic E-state index is 0. The quantitative estimate of drug-likeness (QED) is 0.501. The largest absolute Gasteiger partial charge is 0.466 e. The molecule has 0 aliphatic carbocycles. The van der Waals surface area contributed by atoms with Crippen LogP contribution in [-0.4, -0.2) is 14.7 Å². The average Bonchev–Trinajstić information content (AvgIpc) is 0.722. The summed E-state index contributed by atoms with van der Waals surface area (Å²) >= 11 is 0. The van der Waals surface area contributed by atoms with E-state index in [9.17, 15) is 0 Å². The SMILES string of the molecule is O=P(O)(O)O.[Ta]. The first-order chi connectivity index (χ1) is 2.00. The average molecular weight is 279 g/mol. The van der Waals surface area contributed by atoms with Crippen molar-refractivity contribution in [1.29, 1.82) is 0 Å². The Kier molecular flexibility index (Phi) is 4.87. The summed E-state index contributed by atoms with van der Waals surface area (Å²) < 4.78 is 8.88. The van der Waals surface area contributed by atoms with Gasteiger partial charge in [0.2, 0.25) is 0 Å². The molecule has 0 rings (SSSR count). The van der Waals surface area contributed by atoms with Crippen LogP contribution in [0.5, 0.6) is 0 Å². The van der Waals surface area contributed by atoms with E-state index in [4.69, 9.17) is 19.2 Å². The molecule has 0 amide bonds. The van der Waals surface area contributed by atoms with Gasteiger partial charge in [-0.05, 0) is 0 Å². The molecule has 0 unspecified atom stereocenters. The Morgan fingerprint density at radius 3 is 1.17 bits per heavy atom. The van der Waals surface area contributed by atoms with E-state index < -0.39 is 7.82 Å². The van der Waals surface area contributed by atoms with Crippen molar-refractivity contribution in [3.8, 4) is 0 Å². The Bertz CT molecular complexity index is 53.7. The Morgan fingerprint density at radius 2 is 1.17 bits per heavy atom. The zero-order valence-electron chi connectivity index (χ0n) is 2.64. The predicted octanol–water partition coefficient (Wildman–Crippen LogP) is -0.931. The van der Waals surface area contributed by atoms with Crippen LogP contribution in [0.3, 0.4) is 0 Å². The van der Waals surface area contributed by atoms with Crippen molar-refractivity contribution >= 4 is 7.82 Å². The number of hydrogen-bond acceptors (Lipinski definition) is 1. The molecule has 0 aromatic carbocycles. The molecule has 0 atom stereocenters. The molecule has 0 saturated heterocycles. The molecule has 0 aliphatic heterocycles. The third-order valence-electron chi connectivity index (χ3n) is 0. The first kappa shape index (κ1) is 9.97. The van der Waals surface area contributed by atoms with Gasteiger partial charge >= 0.3 is 7.82 Å². The summed E-state index contributed by atoms with van der Waals surface area (Å²) in [6.45, 7) is 0. The van der Waals surface area contributed by atoms with Crippen molar-refractivity contribution in [2.45, 2.75) is 0 Å². The molecule has 0 aromatic heterocycles. The monoisotopic (exact) mass is 279 g/mol. The normalized spacial score (nSPS) is 9.83. The molecular weight excluding hydrogens is 276 g/mol. The van der Waals surface area contributed by atoms with Crippen LogP contribution in [0.2, 0.25) is 0 Å². The van der Waals surface area contributed by atoms with Crippen LogP contribution in [0.4, 0.5) is 0 Å². The van der Waals surface area contributed by atoms with Gasteiger partial charge in [0, 0.05) is 22.4 Å². The van der Waals surface area contributed by atoms with Crippen LogP contribution < -0.4 is 0 Å². The molecule has 1 radical (unpaired) electrons. The summed E-state index contributed by atoms with van der Waals surface area (Å²) in [6.07, 6.45) is 0. The summed E-state index contributed by atoms with van der Waals surface area (Å²) in [5.74, 6) is 0. The topological polar surface area (TPSA) is 77.8 Å². The second-order valence-electron chi connectivity index (χ2n) is 0.513. The van der Waals surface area contributed by atoms with Crippen LogP contribution >= 0.6 is 7.82 Å². The van der Waals surface area contributed by atoms with Gasteiger partial charge in [0.25, 0.3) is 0 Å². The van der Waals surface area contributed by atoms with Crippen LogP contribution in [-0.2, 0) is 26.9 Å². The molecular formula is H3O4PTa. The van der Waals surface area contributed by atoms with Crippen molar-refractivity contribution < 1.29 is 41.6 Å². The molecule has 0 fully saturated rings. The molecule has 3 N–H and O–H groups in total.